The molecule has 2 unspecified atom stereocenters. The molecule has 0 aliphatic heterocycles. The Kier molecular flexibility index (Phi) is 16.0. The fourth-order valence-corrected chi connectivity index (χ4v) is 12.4. The number of allylic oxidation sites excluding steroid dienone is 4. The van der Waals surface area contributed by atoms with E-state index in [9.17, 15) is 111 Å². The second-order valence-electron chi connectivity index (χ2n) is 23.3. The molecule has 30 heteroatoms. The van der Waals surface area contributed by atoms with Crippen molar-refractivity contribution in [3.05, 3.63) is 219 Å². The molecule has 0 saturated heterocycles. The summed E-state index contributed by atoms with van der Waals surface area (Å²) in [7, 11) is 0. The van der Waals surface area contributed by atoms with E-state index < -0.39 is 156 Å². The third-order valence-electron chi connectivity index (χ3n) is 16.9. The molecule has 3 aromatic heterocycles. The Morgan fingerprint density at radius 2 is 0.677 bits per heavy atom. The average Bonchev–Trinajstić information content (AvgIpc) is 1.58. The van der Waals surface area contributed by atoms with Crippen molar-refractivity contribution in [3.8, 4) is 62.2 Å². The highest BCUT2D eigenvalue weighted by molar-refractivity contribution is 6.13. The van der Waals surface area contributed by atoms with Crippen molar-refractivity contribution in [2.75, 3.05) is 0 Å². The van der Waals surface area contributed by atoms with Crippen LogP contribution in [0.1, 0.15) is 69.0 Å². The highest BCUT2D eigenvalue weighted by Gasteiger charge is 2.47. The van der Waals surface area contributed by atoms with Gasteiger partial charge in [0, 0.05) is 38.6 Å². The topological polar surface area (TPSA) is 72.3 Å². The number of fused-ring (bicyclic) bond motifs is 6. The van der Waals surface area contributed by atoms with Crippen LogP contribution >= 0.6 is 0 Å². The number of nitriles is 1. The van der Waals surface area contributed by atoms with E-state index in [-0.39, 0.29) is 96.5 Å². The summed E-state index contributed by atoms with van der Waals surface area (Å²) in [6.07, 6.45) is -42.8. The maximum atomic E-state index is 14.8. The number of rotatable bonds is 7. The molecule has 6 nitrogen and oxygen atoms in total. The third kappa shape index (κ3) is 12.9. The number of nitrogens with zero attached hydrogens (tertiary/aromatic N) is 6. The predicted octanol–water partition coefficient (Wildman–Crippen LogP) is 23.0. The molecule has 1 aliphatic rings. The Labute approximate surface area is 540 Å². The molecule has 0 N–H and O–H groups in total. The summed E-state index contributed by atoms with van der Waals surface area (Å²) < 4.78 is 352. The number of benzene rings is 8. The van der Waals surface area contributed by atoms with E-state index in [2.05, 4.69) is 15.0 Å². The Bertz CT molecular complexity index is 5020. The van der Waals surface area contributed by atoms with Crippen molar-refractivity contribution in [2.45, 2.75) is 76.1 Å². The largest absolute Gasteiger partial charge is 0.416 e. The molecule has 1 aliphatic carbocycles. The zero-order valence-electron chi connectivity index (χ0n) is 49.8. The van der Waals surface area contributed by atoms with Crippen LogP contribution in [0.4, 0.5) is 105 Å². The normalized spacial score (nSPS) is 15.5. The van der Waals surface area contributed by atoms with Gasteiger partial charge in [0.05, 0.1) is 72.4 Å². The number of hydrogen-bond donors (Lipinski definition) is 0. The number of hydrogen-bond acceptors (Lipinski definition) is 4. The van der Waals surface area contributed by atoms with E-state index in [1.807, 2.05) is 6.07 Å². The van der Waals surface area contributed by atoms with Crippen molar-refractivity contribution < 1.29 is 105 Å². The smallest absolute Gasteiger partial charge is 0.308 e. The van der Waals surface area contributed by atoms with Gasteiger partial charge in [-0.25, -0.2) is 15.0 Å². The molecular formula is C69H36F24N6. The van der Waals surface area contributed by atoms with Crippen LogP contribution in [0.2, 0.25) is 0 Å². The summed E-state index contributed by atoms with van der Waals surface area (Å²) in [6, 6.07) is 19.3. The lowest BCUT2D eigenvalue weighted by atomic mass is 9.76. The highest BCUT2D eigenvalue weighted by atomic mass is 19.4. The fourth-order valence-electron chi connectivity index (χ4n) is 12.4. The van der Waals surface area contributed by atoms with Crippen LogP contribution in [-0.4, -0.2) is 36.4 Å². The number of halogens is 24. The maximum absolute atomic E-state index is 14.8. The first-order chi connectivity index (χ1) is 45.8. The molecule has 510 valence electrons. The van der Waals surface area contributed by atoms with Gasteiger partial charge >= 0.3 is 49.4 Å². The Morgan fingerprint density at radius 3 is 0.980 bits per heavy atom. The van der Waals surface area contributed by atoms with Crippen molar-refractivity contribution >= 4 is 43.6 Å². The van der Waals surface area contributed by atoms with E-state index in [0.29, 0.717) is 42.5 Å². The highest BCUT2D eigenvalue weighted by Crippen LogP contribution is 2.51. The SMILES string of the molecule is Cc1nc(C)nc(-c2cc(-n3c4cc(-c5cc(C(F)(F)F)cc(C(F)(F)F)c5)ccc4c4ccc(-c5cc(C(F)(F)F)cc(C(F)(F)F)c5)cc43)c(C#N)c(-n3c4cc(-c5cc(C(F)(F)F)cc(C(F)(F)F)c5)ccc4c4ccc(C5C=C(C(F)(F)F)C=C(C(F)(F)F)C5C)cc43)c2)n1. The number of aromatic nitrogens is 5. The van der Waals surface area contributed by atoms with Gasteiger partial charge in [0.2, 0.25) is 0 Å². The molecule has 8 aromatic carbocycles. The van der Waals surface area contributed by atoms with Crippen LogP contribution in [0.15, 0.2) is 163 Å². The van der Waals surface area contributed by atoms with Crippen molar-refractivity contribution in [3.63, 3.8) is 0 Å². The van der Waals surface area contributed by atoms with Crippen molar-refractivity contribution in [1.29, 1.82) is 5.26 Å². The summed E-state index contributed by atoms with van der Waals surface area (Å²) in [6.45, 7) is 3.74. The molecule has 0 bridgehead atoms. The van der Waals surface area contributed by atoms with Gasteiger partial charge in [-0.05, 0) is 156 Å². The fraction of sp³-hybridized carbons (Fsp3) is 0.188. The number of aryl methyl sites for hydroxylation is 2. The molecule has 99 heavy (non-hydrogen) atoms. The Balaban J connectivity index is 1.26. The van der Waals surface area contributed by atoms with E-state index >= 15 is 0 Å². The maximum Gasteiger partial charge on any atom is 0.416 e. The first kappa shape index (κ1) is 68.6. The predicted molar refractivity (Wildman–Crippen MR) is 315 cm³/mol. The molecule has 0 saturated carbocycles. The van der Waals surface area contributed by atoms with Crippen LogP contribution in [0, 0.1) is 31.1 Å². The summed E-state index contributed by atoms with van der Waals surface area (Å²) in [5, 5.41) is 11.8. The van der Waals surface area contributed by atoms with E-state index in [4.69, 9.17) is 0 Å². The third-order valence-corrected chi connectivity index (χ3v) is 16.9. The van der Waals surface area contributed by atoms with Gasteiger partial charge in [0.15, 0.2) is 5.82 Å². The molecule has 12 rings (SSSR count). The van der Waals surface area contributed by atoms with Gasteiger partial charge in [0.25, 0.3) is 0 Å². The molecule has 0 spiro atoms. The zero-order valence-corrected chi connectivity index (χ0v) is 49.8. The van der Waals surface area contributed by atoms with Crippen LogP contribution in [-0.2, 0) is 37.1 Å². The summed E-state index contributed by atoms with van der Waals surface area (Å²) in [5.74, 6) is -3.96. The van der Waals surface area contributed by atoms with Crippen molar-refractivity contribution in [1.82, 2.24) is 24.1 Å². The van der Waals surface area contributed by atoms with Gasteiger partial charge in [-0.1, -0.05) is 61.5 Å². The molecular weight excluding hydrogens is 1370 g/mol. The zero-order chi connectivity index (χ0) is 72.1. The summed E-state index contributed by atoms with van der Waals surface area (Å²) in [5.41, 5.74) is -20.8. The van der Waals surface area contributed by atoms with Gasteiger partial charge in [-0.15, -0.1) is 0 Å². The second kappa shape index (κ2) is 23.1. The quantitative estimate of drug-likeness (QED) is 0.149. The van der Waals surface area contributed by atoms with Gasteiger partial charge < -0.3 is 9.13 Å². The number of alkyl halides is 24. The Hall–Kier alpha value is -10.3. The average molecular weight is 1410 g/mol. The van der Waals surface area contributed by atoms with Gasteiger partial charge in [-0.2, -0.15) is 111 Å². The first-order valence-electron chi connectivity index (χ1n) is 28.7. The molecule has 2 atom stereocenters. The van der Waals surface area contributed by atoms with Crippen molar-refractivity contribution in [2.24, 2.45) is 5.92 Å². The Morgan fingerprint density at radius 1 is 0.354 bits per heavy atom. The van der Waals surface area contributed by atoms with Crippen LogP contribution in [0.25, 0.3) is 99.8 Å². The minimum Gasteiger partial charge on any atom is -0.308 e. The van der Waals surface area contributed by atoms with E-state index in [1.165, 1.54) is 44.2 Å². The minimum absolute atomic E-state index is 0.0112. The minimum atomic E-state index is -5.42. The molecule has 11 aromatic rings. The standard InChI is InChI=1S/C69H36F24N6/c1-30-52(27-47(68(88,89)90)28-54(30)69(91,92)93)36-7-11-51-50-10-6-35(39-16-45(66(82,83)84)26-46(17-39)67(85,86)87)20-57(50)99(58(51)21-36)60-23-40(61-96-31(2)95-32(3)97-61)22-59(53(60)29-94)98-55-18-33(37-12-41(62(70,71)72)24-42(13-37)63(73,74)75)4-8-48(55)49-9-5-34(19-56(49)98)38-14-43(64(76,77)78)25-44(15-38)65(79,80)81/h4-28,30,52H,1-3H3. The second-order valence-corrected chi connectivity index (χ2v) is 23.3. The van der Waals surface area contributed by atoms with Crippen LogP contribution in [0.3, 0.4) is 0 Å². The summed E-state index contributed by atoms with van der Waals surface area (Å²) >= 11 is 0. The summed E-state index contributed by atoms with van der Waals surface area (Å²) in [4.78, 5) is 13.1. The lowest BCUT2D eigenvalue weighted by Gasteiger charge is -2.31. The lowest BCUT2D eigenvalue weighted by Crippen LogP contribution is -2.28. The molecule has 0 radical (unpaired) electrons. The van der Waals surface area contributed by atoms with Gasteiger partial charge in [-0.3, -0.25) is 0 Å². The van der Waals surface area contributed by atoms with Crippen LogP contribution in [0.5, 0.6) is 0 Å². The molecule has 0 fully saturated rings. The first-order valence-corrected chi connectivity index (χ1v) is 28.7. The van der Waals surface area contributed by atoms with Crippen LogP contribution < -0.4 is 0 Å². The molecule has 0 amide bonds. The van der Waals surface area contributed by atoms with Gasteiger partial charge in [0.1, 0.15) is 23.3 Å². The van der Waals surface area contributed by atoms with E-state index in [1.54, 1.807) is 0 Å². The lowest BCUT2D eigenvalue weighted by molar-refractivity contribution is -0.144. The molecule has 3 heterocycles. The monoisotopic (exact) mass is 1400 g/mol. The van der Waals surface area contributed by atoms with E-state index in [0.717, 1.165) is 70.7 Å².